The first-order valence-electron chi connectivity index (χ1n) is 5.65. The molecule has 0 unspecified atom stereocenters. The second-order valence-electron chi connectivity index (χ2n) is 4.07. The largest absolute Gasteiger partial charge is 0.324 e. The van der Waals surface area contributed by atoms with Gasteiger partial charge < -0.3 is 10.6 Å². The summed E-state index contributed by atoms with van der Waals surface area (Å²) in [6.07, 6.45) is 0. The Hall–Kier alpha value is -1.99. The third-order valence-electron chi connectivity index (χ3n) is 2.49. The molecule has 0 atom stereocenters. The maximum absolute atomic E-state index is 13.5. The number of carbonyl (C=O) groups is 1. The van der Waals surface area contributed by atoms with Gasteiger partial charge in [0.05, 0.1) is 0 Å². The molecule has 2 aromatic carbocycles. The zero-order chi connectivity index (χ0) is 16.4. The molecule has 2 N–H and O–H groups in total. The molecular weight excluding hydrogens is 347 g/mol. The third kappa shape index (κ3) is 3.61. The molecular formula is C13H6Cl2F4N2O. The number of anilines is 2. The van der Waals surface area contributed by atoms with E-state index in [0.717, 1.165) is 24.3 Å². The predicted octanol–water partition coefficient (Wildman–Crippen LogP) is 5.19. The summed E-state index contributed by atoms with van der Waals surface area (Å²) in [5, 5.41) is 3.17. The van der Waals surface area contributed by atoms with Crippen LogP contribution in [-0.4, -0.2) is 6.03 Å². The van der Waals surface area contributed by atoms with Crippen LogP contribution in [0.4, 0.5) is 33.7 Å². The lowest BCUT2D eigenvalue weighted by Gasteiger charge is -2.11. The van der Waals surface area contributed by atoms with Crippen molar-refractivity contribution < 1.29 is 22.4 Å². The second-order valence-corrected chi connectivity index (χ2v) is 4.94. The summed E-state index contributed by atoms with van der Waals surface area (Å²) in [5.74, 6) is -4.57. The summed E-state index contributed by atoms with van der Waals surface area (Å²) < 4.78 is 54.0. The van der Waals surface area contributed by atoms with E-state index in [1.54, 1.807) is 10.6 Å². The lowest BCUT2D eigenvalue weighted by atomic mass is 10.3. The molecule has 0 fully saturated rings. The van der Waals surface area contributed by atoms with Gasteiger partial charge in [-0.25, -0.2) is 22.4 Å². The number of rotatable bonds is 2. The van der Waals surface area contributed by atoms with E-state index in [-0.39, 0.29) is 10.0 Å². The van der Waals surface area contributed by atoms with Crippen LogP contribution in [0.2, 0.25) is 10.0 Å². The van der Waals surface area contributed by atoms with E-state index < -0.39 is 40.7 Å². The lowest BCUT2D eigenvalue weighted by molar-refractivity contribution is 0.261. The molecule has 0 aliphatic heterocycles. The van der Waals surface area contributed by atoms with Crippen LogP contribution in [0.5, 0.6) is 0 Å². The fourth-order valence-electron chi connectivity index (χ4n) is 1.58. The summed E-state index contributed by atoms with van der Waals surface area (Å²) in [7, 11) is 0. The Bertz CT molecular complexity index is 647. The van der Waals surface area contributed by atoms with E-state index in [1.165, 1.54) is 0 Å². The Morgan fingerprint density at radius 2 is 1.00 bits per heavy atom. The fraction of sp³-hybridized carbons (Fsp3) is 0. The summed E-state index contributed by atoms with van der Waals surface area (Å²) in [5.41, 5.74) is -1.62. The Morgan fingerprint density at radius 3 is 1.27 bits per heavy atom. The number of benzene rings is 2. The molecule has 9 heteroatoms. The maximum Gasteiger partial charge on any atom is 0.324 e. The fourth-order valence-corrected chi connectivity index (χ4v) is 1.96. The van der Waals surface area contributed by atoms with E-state index in [0.29, 0.717) is 0 Å². The zero-order valence-electron chi connectivity index (χ0n) is 10.5. The van der Waals surface area contributed by atoms with Gasteiger partial charge in [-0.05, 0) is 24.3 Å². The second kappa shape index (κ2) is 6.41. The molecule has 0 aliphatic carbocycles. The van der Waals surface area contributed by atoms with Gasteiger partial charge in [0.15, 0.2) is 23.3 Å². The topological polar surface area (TPSA) is 41.1 Å². The highest BCUT2D eigenvalue weighted by Crippen LogP contribution is 2.25. The number of carbonyl (C=O) groups excluding carboxylic acids is 1. The molecule has 0 aliphatic rings. The number of urea groups is 1. The Labute approximate surface area is 131 Å². The number of nitrogens with one attached hydrogen (secondary N) is 2. The molecule has 3 nitrogen and oxygen atoms in total. The van der Waals surface area contributed by atoms with Crippen molar-refractivity contribution >= 4 is 40.6 Å². The first-order valence-corrected chi connectivity index (χ1v) is 6.40. The van der Waals surface area contributed by atoms with Gasteiger partial charge in [0.25, 0.3) is 0 Å². The van der Waals surface area contributed by atoms with E-state index in [9.17, 15) is 22.4 Å². The van der Waals surface area contributed by atoms with Gasteiger partial charge in [-0.2, -0.15) is 0 Å². The smallest absolute Gasteiger partial charge is 0.303 e. The van der Waals surface area contributed by atoms with Crippen LogP contribution in [0.1, 0.15) is 0 Å². The van der Waals surface area contributed by atoms with Crippen molar-refractivity contribution in [2.24, 2.45) is 0 Å². The van der Waals surface area contributed by atoms with E-state index in [1.807, 2.05) is 0 Å². The predicted molar refractivity (Wildman–Crippen MR) is 75.4 cm³/mol. The number of hydrogen-bond donors (Lipinski definition) is 2. The van der Waals surface area contributed by atoms with Crippen molar-refractivity contribution in [3.63, 3.8) is 0 Å². The van der Waals surface area contributed by atoms with E-state index >= 15 is 0 Å². The molecule has 2 amide bonds. The molecule has 116 valence electrons. The van der Waals surface area contributed by atoms with Crippen LogP contribution >= 0.6 is 23.2 Å². The minimum atomic E-state index is -1.25. The summed E-state index contributed by atoms with van der Waals surface area (Å²) in [6.45, 7) is 0. The molecule has 22 heavy (non-hydrogen) atoms. The van der Waals surface area contributed by atoms with Crippen LogP contribution < -0.4 is 10.6 Å². The van der Waals surface area contributed by atoms with Crippen molar-refractivity contribution in [2.75, 3.05) is 10.6 Å². The average molecular weight is 353 g/mol. The monoisotopic (exact) mass is 352 g/mol. The van der Waals surface area contributed by atoms with Crippen LogP contribution in [0.25, 0.3) is 0 Å². The van der Waals surface area contributed by atoms with Crippen LogP contribution in [0.15, 0.2) is 24.3 Å². The lowest BCUT2D eigenvalue weighted by Crippen LogP contribution is -2.22. The van der Waals surface area contributed by atoms with Gasteiger partial charge in [0, 0.05) is 10.0 Å². The summed E-state index contributed by atoms with van der Waals surface area (Å²) in [6, 6.07) is 1.82. The first-order chi connectivity index (χ1) is 10.3. The van der Waals surface area contributed by atoms with Crippen molar-refractivity contribution in [3.05, 3.63) is 57.6 Å². The highest BCUT2D eigenvalue weighted by atomic mass is 35.5. The Balaban J connectivity index is 2.22. The van der Waals surface area contributed by atoms with Crippen molar-refractivity contribution in [1.29, 1.82) is 0 Å². The third-order valence-corrected chi connectivity index (χ3v) is 2.93. The molecule has 0 bridgehead atoms. The minimum absolute atomic E-state index is 0.212. The summed E-state index contributed by atoms with van der Waals surface area (Å²) in [4.78, 5) is 11.6. The first kappa shape index (κ1) is 16.4. The van der Waals surface area contributed by atoms with Gasteiger partial charge >= 0.3 is 6.03 Å². The van der Waals surface area contributed by atoms with Crippen molar-refractivity contribution in [2.45, 2.75) is 0 Å². The molecule has 0 saturated carbocycles. The van der Waals surface area contributed by atoms with Gasteiger partial charge in [-0.3, -0.25) is 0 Å². The maximum atomic E-state index is 13.5. The SMILES string of the molecule is O=C(Nc1c(F)cc(Cl)cc1F)Nc1c(F)cc(Cl)cc1F. The number of halogens is 6. The molecule has 0 aromatic heterocycles. The Morgan fingerprint density at radius 1 is 0.727 bits per heavy atom. The molecule has 0 saturated heterocycles. The average Bonchev–Trinajstić information content (AvgIpc) is 2.38. The van der Waals surface area contributed by atoms with E-state index in [4.69, 9.17) is 23.2 Å². The number of hydrogen-bond acceptors (Lipinski definition) is 1. The van der Waals surface area contributed by atoms with Gasteiger partial charge in [0.2, 0.25) is 0 Å². The highest BCUT2D eigenvalue weighted by molar-refractivity contribution is 6.31. The van der Waals surface area contributed by atoms with Gasteiger partial charge in [-0.15, -0.1) is 0 Å². The zero-order valence-corrected chi connectivity index (χ0v) is 12.0. The van der Waals surface area contributed by atoms with Gasteiger partial charge in [0.1, 0.15) is 11.4 Å². The molecule has 0 radical (unpaired) electrons. The number of amides is 2. The van der Waals surface area contributed by atoms with E-state index in [2.05, 4.69) is 0 Å². The van der Waals surface area contributed by atoms with Crippen molar-refractivity contribution in [3.8, 4) is 0 Å². The van der Waals surface area contributed by atoms with Crippen LogP contribution in [-0.2, 0) is 0 Å². The van der Waals surface area contributed by atoms with Crippen LogP contribution in [0.3, 0.4) is 0 Å². The quantitative estimate of drug-likeness (QED) is 0.717. The molecule has 2 rings (SSSR count). The highest BCUT2D eigenvalue weighted by Gasteiger charge is 2.17. The standard InChI is InChI=1S/C13H6Cl2F4N2O/c14-5-1-7(16)11(8(17)2-5)20-13(22)21-12-9(18)3-6(15)4-10(12)19/h1-4H,(H2,20,21,22). The Kier molecular flexibility index (Phi) is 4.77. The normalized spacial score (nSPS) is 10.5. The molecule has 0 heterocycles. The van der Waals surface area contributed by atoms with Crippen LogP contribution in [0, 0.1) is 23.3 Å². The van der Waals surface area contributed by atoms with Crippen molar-refractivity contribution in [1.82, 2.24) is 0 Å². The van der Waals surface area contributed by atoms with Gasteiger partial charge in [-0.1, -0.05) is 23.2 Å². The summed E-state index contributed by atoms with van der Waals surface area (Å²) >= 11 is 10.8. The minimum Gasteiger partial charge on any atom is -0.303 e. The molecule has 2 aromatic rings. The molecule has 0 spiro atoms.